The summed E-state index contributed by atoms with van der Waals surface area (Å²) >= 11 is 3.49. The maximum atomic E-state index is 13.0. The molecule has 0 radical (unpaired) electrons. The smallest absolute Gasteiger partial charge is 0.123 e. The minimum atomic E-state index is -0.206. The Balaban J connectivity index is 2.45. The van der Waals surface area contributed by atoms with Gasteiger partial charge in [-0.25, -0.2) is 4.39 Å². The van der Waals surface area contributed by atoms with Gasteiger partial charge in [-0.05, 0) is 41.2 Å². The lowest BCUT2D eigenvalue weighted by molar-refractivity contribution is 0.629. The molecule has 0 amide bonds. The highest BCUT2D eigenvalue weighted by atomic mass is 79.9. The minimum absolute atomic E-state index is 0.206. The molecule has 2 nitrogen and oxygen atoms in total. The van der Waals surface area contributed by atoms with Crippen molar-refractivity contribution in [1.82, 2.24) is 10.3 Å². The molecule has 0 atom stereocenters. The molecule has 0 unspecified atom stereocenters. The van der Waals surface area contributed by atoms with E-state index in [2.05, 4.69) is 26.2 Å². The number of hydrogen-bond donors (Lipinski definition) is 2. The maximum Gasteiger partial charge on any atom is 0.123 e. The number of H-pyrrole nitrogens is 1. The molecule has 0 fully saturated rings. The van der Waals surface area contributed by atoms with E-state index in [0.29, 0.717) is 0 Å². The second kappa shape index (κ2) is 4.33. The standard InChI is InChI=1S/C11H12BrFN2/c1-14-5-4-10-11(12)8-6-7(13)2-3-9(8)15-10/h2-3,6,14-15H,4-5H2,1H3. The molecule has 0 spiro atoms. The summed E-state index contributed by atoms with van der Waals surface area (Å²) in [4.78, 5) is 3.27. The minimum Gasteiger partial charge on any atom is -0.357 e. The Morgan fingerprint density at radius 2 is 2.27 bits per heavy atom. The third kappa shape index (κ3) is 2.06. The van der Waals surface area contributed by atoms with Gasteiger partial charge in [-0.2, -0.15) is 0 Å². The third-order valence-corrected chi connectivity index (χ3v) is 3.30. The van der Waals surface area contributed by atoms with Gasteiger partial charge in [0.05, 0.1) is 0 Å². The molecule has 0 aliphatic heterocycles. The van der Waals surface area contributed by atoms with Crippen molar-refractivity contribution in [1.29, 1.82) is 0 Å². The zero-order valence-corrected chi connectivity index (χ0v) is 9.99. The van der Waals surface area contributed by atoms with Gasteiger partial charge in [0.2, 0.25) is 0 Å². The summed E-state index contributed by atoms with van der Waals surface area (Å²) in [5.74, 6) is -0.206. The topological polar surface area (TPSA) is 27.8 Å². The predicted molar refractivity (Wildman–Crippen MR) is 63.6 cm³/mol. The van der Waals surface area contributed by atoms with E-state index >= 15 is 0 Å². The molecule has 1 heterocycles. The van der Waals surface area contributed by atoms with E-state index in [4.69, 9.17) is 0 Å². The number of aromatic amines is 1. The molecule has 1 aromatic carbocycles. The first-order chi connectivity index (χ1) is 7.22. The van der Waals surface area contributed by atoms with Crippen molar-refractivity contribution < 1.29 is 4.39 Å². The molecule has 0 aliphatic rings. The molecule has 80 valence electrons. The van der Waals surface area contributed by atoms with Gasteiger partial charge in [0, 0.05) is 34.0 Å². The molecule has 2 N–H and O–H groups in total. The number of hydrogen-bond acceptors (Lipinski definition) is 1. The number of likely N-dealkylation sites (N-methyl/N-ethyl adjacent to an activating group) is 1. The molecular weight excluding hydrogens is 259 g/mol. The number of halogens is 2. The summed E-state index contributed by atoms with van der Waals surface area (Å²) in [6.45, 7) is 0.897. The largest absolute Gasteiger partial charge is 0.357 e. The SMILES string of the molecule is CNCCc1[nH]c2ccc(F)cc2c1Br. The number of rotatable bonds is 3. The Bertz CT molecular complexity index is 479. The average Bonchev–Trinajstić information content (AvgIpc) is 2.53. The van der Waals surface area contributed by atoms with Crippen LogP contribution in [0.25, 0.3) is 10.9 Å². The van der Waals surface area contributed by atoms with Crippen LogP contribution in [0.2, 0.25) is 0 Å². The Morgan fingerprint density at radius 1 is 1.47 bits per heavy atom. The van der Waals surface area contributed by atoms with E-state index in [1.807, 2.05) is 7.05 Å². The van der Waals surface area contributed by atoms with Crippen molar-refractivity contribution in [2.75, 3.05) is 13.6 Å². The van der Waals surface area contributed by atoms with Crippen molar-refractivity contribution in [2.24, 2.45) is 0 Å². The number of aromatic nitrogens is 1. The van der Waals surface area contributed by atoms with Crippen LogP contribution in [-0.2, 0) is 6.42 Å². The molecule has 0 aliphatic carbocycles. The zero-order chi connectivity index (χ0) is 10.8. The second-order valence-corrected chi connectivity index (χ2v) is 4.25. The van der Waals surface area contributed by atoms with Gasteiger partial charge in [0.1, 0.15) is 5.82 Å². The first-order valence-electron chi connectivity index (χ1n) is 4.82. The van der Waals surface area contributed by atoms with E-state index in [-0.39, 0.29) is 5.82 Å². The van der Waals surface area contributed by atoms with Crippen LogP contribution in [-0.4, -0.2) is 18.6 Å². The molecule has 0 saturated carbocycles. The van der Waals surface area contributed by atoms with Crippen LogP contribution in [0.3, 0.4) is 0 Å². The Labute approximate surface area is 96.0 Å². The van der Waals surface area contributed by atoms with Gasteiger partial charge in [0.25, 0.3) is 0 Å². The highest BCUT2D eigenvalue weighted by Crippen LogP contribution is 2.28. The molecule has 0 saturated heterocycles. The predicted octanol–water partition coefficient (Wildman–Crippen LogP) is 2.83. The molecule has 2 aromatic rings. The van der Waals surface area contributed by atoms with Gasteiger partial charge >= 0.3 is 0 Å². The lowest BCUT2D eigenvalue weighted by Gasteiger charge is -1.97. The molecule has 2 rings (SSSR count). The quantitative estimate of drug-likeness (QED) is 0.882. The van der Waals surface area contributed by atoms with Crippen molar-refractivity contribution in [3.05, 3.63) is 34.2 Å². The van der Waals surface area contributed by atoms with Crippen LogP contribution in [0.4, 0.5) is 4.39 Å². The fraction of sp³-hybridized carbons (Fsp3) is 0.273. The van der Waals surface area contributed by atoms with E-state index < -0.39 is 0 Å². The molecular formula is C11H12BrFN2. The molecule has 15 heavy (non-hydrogen) atoms. The van der Waals surface area contributed by atoms with Gasteiger partial charge in [-0.3, -0.25) is 0 Å². The van der Waals surface area contributed by atoms with Crippen molar-refractivity contribution in [3.63, 3.8) is 0 Å². The van der Waals surface area contributed by atoms with Crippen LogP contribution >= 0.6 is 15.9 Å². The summed E-state index contributed by atoms with van der Waals surface area (Å²) in [6, 6.07) is 4.77. The Kier molecular flexibility index (Phi) is 3.07. The monoisotopic (exact) mass is 270 g/mol. The van der Waals surface area contributed by atoms with Crippen molar-refractivity contribution >= 4 is 26.8 Å². The number of fused-ring (bicyclic) bond motifs is 1. The summed E-state index contributed by atoms with van der Waals surface area (Å²) in [7, 11) is 1.91. The highest BCUT2D eigenvalue weighted by Gasteiger charge is 2.08. The highest BCUT2D eigenvalue weighted by molar-refractivity contribution is 9.10. The first kappa shape index (κ1) is 10.6. The van der Waals surface area contributed by atoms with Gasteiger partial charge in [0.15, 0.2) is 0 Å². The summed E-state index contributed by atoms with van der Waals surface area (Å²) in [5, 5.41) is 3.99. The number of nitrogens with one attached hydrogen (secondary N) is 2. The third-order valence-electron chi connectivity index (χ3n) is 2.39. The lowest BCUT2D eigenvalue weighted by Crippen LogP contribution is -2.10. The fourth-order valence-electron chi connectivity index (χ4n) is 1.61. The zero-order valence-electron chi connectivity index (χ0n) is 8.40. The van der Waals surface area contributed by atoms with Crippen LogP contribution in [0, 0.1) is 5.82 Å². The summed E-state index contributed by atoms with van der Waals surface area (Å²) < 4.78 is 14.0. The van der Waals surface area contributed by atoms with Crippen molar-refractivity contribution in [3.8, 4) is 0 Å². The van der Waals surface area contributed by atoms with Crippen molar-refractivity contribution in [2.45, 2.75) is 6.42 Å². The van der Waals surface area contributed by atoms with Gasteiger partial charge in [-0.1, -0.05) is 0 Å². The van der Waals surface area contributed by atoms with Crippen LogP contribution in [0.1, 0.15) is 5.69 Å². The lowest BCUT2D eigenvalue weighted by atomic mass is 10.2. The van der Waals surface area contributed by atoms with Crippen LogP contribution in [0.5, 0.6) is 0 Å². The molecule has 0 bridgehead atoms. The van der Waals surface area contributed by atoms with E-state index in [0.717, 1.165) is 34.0 Å². The molecule has 1 aromatic heterocycles. The number of benzene rings is 1. The molecule has 4 heteroatoms. The summed E-state index contributed by atoms with van der Waals surface area (Å²) in [6.07, 6.45) is 0.896. The summed E-state index contributed by atoms with van der Waals surface area (Å²) in [5.41, 5.74) is 2.07. The average molecular weight is 271 g/mol. The van der Waals surface area contributed by atoms with E-state index in [1.54, 1.807) is 12.1 Å². The Hall–Kier alpha value is -0.870. The first-order valence-corrected chi connectivity index (χ1v) is 5.62. The van der Waals surface area contributed by atoms with Gasteiger partial charge in [-0.15, -0.1) is 0 Å². The normalized spacial score (nSPS) is 11.1. The van der Waals surface area contributed by atoms with E-state index in [9.17, 15) is 4.39 Å². The van der Waals surface area contributed by atoms with Crippen LogP contribution < -0.4 is 5.32 Å². The Morgan fingerprint density at radius 3 is 3.00 bits per heavy atom. The maximum absolute atomic E-state index is 13.0. The van der Waals surface area contributed by atoms with Gasteiger partial charge < -0.3 is 10.3 Å². The van der Waals surface area contributed by atoms with E-state index in [1.165, 1.54) is 6.07 Å². The fourth-order valence-corrected chi connectivity index (χ4v) is 2.23. The second-order valence-electron chi connectivity index (χ2n) is 3.46. The van der Waals surface area contributed by atoms with Crippen LogP contribution in [0.15, 0.2) is 22.7 Å².